The summed E-state index contributed by atoms with van der Waals surface area (Å²) in [4.78, 5) is 2.44. The lowest BCUT2D eigenvalue weighted by atomic mass is 9.85. The van der Waals surface area contributed by atoms with Crippen LogP contribution in [0.3, 0.4) is 0 Å². The number of nitrogens with zero attached hydrogens (tertiary/aromatic N) is 1. The van der Waals surface area contributed by atoms with Gasteiger partial charge in [0, 0.05) is 19.7 Å². The monoisotopic (exact) mass is 200 g/mol. The molecule has 0 heterocycles. The quantitative estimate of drug-likeness (QED) is 0.701. The number of methoxy groups -OCH3 is 1. The summed E-state index contributed by atoms with van der Waals surface area (Å²) in [7, 11) is 3.95. The van der Waals surface area contributed by atoms with Crippen molar-refractivity contribution in [1.82, 2.24) is 4.90 Å². The predicted molar refractivity (Wildman–Crippen MR) is 59.4 cm³/mol. The highest BCUT2D eigenvalue weighted by molar-refractivity contribution is 4.94. The normalized spacial score (nSPS) is 22.1. The van der Waals surface area contributed by atoms with Crippen molar-refractivity contribution in [2.75, 3.05) is 27.3 Å². The fourth-order valence-corrected chi connectivity index (χ4v) is 2.23. The molecule has 0 spiro atoms. The van der Waals surface area contributed by atoms with Gasteiger partial charge < -0.3 is 10.5 Å². The van der Waals surface area contributed by atoms with Gasteiger partial charge in [-0.15, -0.1) is 0 Å². The second kappa shape index (κ2) is 5.10. The van der Waals surface area contributed by atoms with Gasteiger partial charge in [-0.05, 0) is 26.3 Å². The minimum Gasteiger partial charge on any atom is -0.383 e. The molecule has 1 atom stereocenters. The van der Waals surface area contributed by atoms with E-state index in [-0.39, 0.29) is 5.54 Å². The minimum atomic E-state index is 0.0554. The van der Waals surface area contributed by atoms with Crippen LogP contribution in [0.5, 0.6) is 0 Å². The van der Waals surface area contributed by atoms with Crippen LogP contribution in [0.15, 0.2) is 0 Å². The maximum atomic E-state index is 5.90. The van der Waals surface area contributed by atoms with Crippen molar-refractivity contribution in [2.24, 2.45) is 5.73 Å². The summed E-state index contributed by atoms with van der Waals surface area (Å²) in [6, 6.07) is 0.730. The Bertz CT molecular complexity index is 165. The third kappa shape index (κ3) is 2.10. The van der Waals surface area contributed by atoms with E-state index in [0.29, 0.717) is 6.54 Å². The Balaban J connectivity index is 2.62. The zero-order chi connectivity index (χ0) is 10.6. The number of nitrogens with two attached hydrogens (primary N) is 1. The highest BCUT2D eigenvalue weighted by Crippen LogP contribution is 2.30. The molecule has 1 aliphatic carbocycles. The molecule has 0 aliphatic heterocycles. The van der Waals surface area contributed by atoms with Gasteiger partial charge in [0.25, 0.3) is 0 Å². The van der Waals surface area contributed by atoms with Gasteiger partial charge >= 0.3 is 0 Å². The Labute approximate surface area is 87.6 Å². The smallest absolute Gasteiger partial charge is 0.0658 e. The molecule has 2 N–H and O–H groups in total. The van der Waals surface area contributed by atoms with Crippen molar-refractivity contribution >= 4 is 0 Å². The number of likely N-dealkylation sites (N-methyl/N-ethyl adjacent to an activating group) is 1. The van der Waals surface area contributed by atoms with E-state index in [0.717, 1.165) is 19.1 Å². The van der Waals surface area contributed by atoms with Crippen molar-refractivity contribution in [3.8, 4) is 0 Å². The van der Waals surface area contributed by atoms with E-state index in [1.54, 1.807) is 7.11 Å². The van der Waals surface area contributed by atoms with Gasteiger partial charge in [0.2, 0.25) is 0 Å². The van der Waals surface area contributed by atoms with Crippen LogP contribution in [0, 0.1) is 0 Å². The van der Waals surface area contributed by atoms with Crippen LogP contribution in [0.25, 0.3) is 0 Å². The third-order valence-corrected chi connectivity index (χ3v) is 3.82. The SMILES string of the molecule is CCC(CN)(COC)N(C)C1CCC1. The fraction of sp³-hybridized carbons (Fsp3) is 1.00. The number of hydrogen-bond acceptors (Lipinski definition) is 3. The molecule has 84 valence electrons. The molecule has 1 saturated carbocycles. The van der Waals surface area contributed by atoms with E-state index in [4.69, 9.17) is 10.5 Å². The van der Waals surface area contributed by atoms with Gasteiger partial charge in [-0.3, -0.25) is 4.90 Å². The molecule has 3 nitrogen and oxygen atoms in total. The zero-order valence-corrected chi connectivity index (χ0v) is 9.75. The molecule has 3 heteroatoms. The van der Waals surface area contributed by atoms with Crippen molar-refractivity contribution in [1.29, 1.82) is 0 Å². The molecule has 0 amide bonds. The summed E-state index contributed by atoms with van der Waals surface area (Å²) >= 11 is 0. The number of ether oxygens (including phenoxy) is 1. The molecule has 1 aliphatic rings. The number of hydrogen-bond donors (Lipinski definition) is 1. The van der Waals surface area contributed by atoms with Crippen LogP contribution < -0.4 is 5.73 Å². The summed E-state index contributed by atoms with van der Waals surface area (Å²) in [5.74, 6) is 0. The fourth-order valence-electron chi connectivity index (χ4n) is 2.23. The van der Waals surface area contributed by atoms with Crippen LogP contribution in [0.4, 0.5) is 0 Å². The van der Waals surface area contributed by atoms with Crippen LogP contribution in [-0.2, 0) is 4.74 Å². The van der Waals surface area contributed by atoms with Crippen molar-refractivity contribution in [3.63, 3.8) is 0 Å². The van der Waals surface area contributed by atoms with Crippen LogP contribution in [0.1, 0.15) is 32.6 Å². The summed E-state index contributed by atoms with van der Waals surface area (Å²) < 4.78 is 5.31. The Hall–Kier alpha value is -0.120. The lowest BCUT2D eigenvalue weighted by Gasteiger charge is -2.47. The van der Waals surface area contributed by atoms with E-state index in [1.165, 1.54) is 19.3 Å². The van der Waals surface area contributed by atoms with E-state index >= 15 is 0 Å². The second-order valence-corrected chi connectivity index (χ2v) is 4.41. The molecule has 0 aromatic rings. The Morgan fingerprint density at radius 3 is 2.43 bits per heavy atom. The van der Waals surface area contributed by atoms with Crippen LogP contribution in [-0.4, -0.2) is 43.8 Å². The lowest BCUT2D eigenvalue weighted by Crippen LogP contribution is -2.59. The minimum absolute atomic E-state index is 0.0554. The molecule has 1 fully saturated rings. The molecule has 0 aromatic carbocycles. The molecule has 0 bridgehead atoms. The van der Waals surface area contributed by atoms with E-state index in [2.05, 4.69) is 18.9 Å². The van der Waals surface area contributed by atoms with Gasteiger partial charge in [-0.1, -0.05) is 13.3 Å². The van der Waals surface area contributed by atoms with Crippen LogP contribution >= 0.6 is 0 Å². The molecule has 0 aromatic heterocycles. The maximum absolute atomic E-state index is 5.90. The average Bonchev–Trinajstić information content (AvgIpc) is 2.11. The van der Waals surface area contributed by atoms with E-state index in [9.17, 15) is 0 Å². The van der Waals surface area contributed by atoms with Crippen LogP contribution in [0.2, 0.25) is 0 Å². The van der Waals surface area contributed by atoms with Gasteiger partial charge in [0.05, 0.1) is 12.1 Å². The van der Waals surface area contributed by atoms with Gasteiger partial charge in [0.15, 0.2) is 0 Å². The van der Waals surface area contributed by atoms with Crippen molar-refractivity contribution in [2.45, 2.75) is 44.2 Å². The first-order valence-electron chi connectivity index (χ1n) is 5.62. The Morgan fingerprint density at radius 1 is 1.50 bits per heavy atom. The average molecular weight is 200 g/mol. The molecule has 14 heavy (non-hydrogen) atoms. The first-order valence-corrected chi connectivity index (χ1v) is 5.62. The second-order valence-electron chi connectivity index (χ2n) is 4.41. The van der Waals surface area contributed by atoms with Gasteiger partial charge in [0.1, 0.15) is 0 Å². The lowest BCUT2D eigenvalue weighted by molar-refractivity contribution is -0.0178. The summed E-state index contributed by atoms with van der Waals surface area (Å²) in [5, 5.41) is 0. The summed E-state index contributed by atoms with van der Waals surface area (Å²) in [6.07, 6.45) is 5.07. The first-order chi connectivity index (χ1) is 6.70. The highest BCUT2D eigenvalue weighted by Gasteiger charge is 2.37. The molecular formula is C11H24N2O. The molecule has 1 unspecified atom stereocenters. The van der Waals surface area contributed by atoms with Crippen molar-refractivity contribution < 1.29 is 4.74 Å². The van der Waals surface area contributed by atoms with Gasteiger partial charge in [-0.2, -0.15) is 0 Å². The van der Waals surface area contributed by atoms with Gasteiger partial charge in [-0.25, -0.2) is 0 Å². The molecule has 0 saturated heterocycles. The largest absolute Gasteiger partial charge is 0.383 e. The summed E-state index contributed by atoms with van der Waals surface area (Å²) in [5.41, 5.74) is 5.96. The van der Waals surface area contributed by atoms with Crippen molar-refractivity contribution in [3.05, 3.63) is 0 Å². The molecule has 0 radical (unpaired) electrons. The predicted octanol–water partition coefficient (Wildman–Crippen LogP) is 1.22. The number of rotatable bonds is 6. The standard InChI is InChI=1S/C11H24N2O/c1-4-11(8-12,9-14-3)13(2)10-6-5-7-10/h10H,4-9,12H2,1-3H3. The molecule has 1 rings (SSSR count). The Morgan fingerprint density at radius 2 is 2.14 bits per heavy atom. The first kappa shape index (κ1) is 12.0. The molecular weight excluding hydrogens is 176 g/mol. The topological polar surface area (TPSA) is 38.5 Å². The Kier molecular flexibility index (Phi) is 4.35. The summed E-state index contributed by atoms with van der Waals surface area (Å²) in [6.45, 7) is 3.62. The van der Waals surface area contributed by atoms with E-state index < -0.39 is 0 Å². The zero-order valence-electron chi connectivity index (χ0n) is 9.75. The maximum Gasteiger partial charge on any atom is 0.0658 e. The van der Waals surface area contributed by atoms with E-state index in [1.807, 2.05) is 0 Å². The third-order valence-electron chi connectivity index (χ3n) is 3.82. The highest BCUT2D eigenvalue weighted by atomic mass is 16.5.